The van der Waals surface area contributed by atoms with E-state index in [1.54, 1.807) is 0 Å². The van der Waals surface area contributed by atoms with Gasteiger partial charge in [0.1, 0.15) is 17.2 Å². The lowest BCUT2D eigenvalue weighted by Gasteiger charge is -2.06. The monoisotopic (exact) mass is 406 g/mol. The van der Waals surface area contributed by atoms with E-state index in [9.17, 15) is 4.79 Å². The molecule has 0 atom stereocenters. The van der Waals surface area contributed by atoms with E-state index >= 15 is 0 Å². The molecule has 0 saturated carbocycles. The number of fused-ring (bicyclic) bond motifs is 1. The van der Waals surface area contributed by atoms with Crippen LogP contribution in [0.5, 0.6) is 11.5 Å². The molecule has 0 radical (unpaired) electrons. The molecule has 0 spiro atoms. The van der Waals surface area contributed by atoms with Crippen LogP contribution < -0.4 is 10.1 Å². The molecule has 3 aromatic rings. The van der Waals surface area contributed by atoms with Crippen LogP contribution in [0.2, 0.25) is 0 Å². The summed E-state index contributed by atoms with van der Waals surface area (Å²) in [5, 5.41) is 2.83. The molecule has 1 aliphatic heterocycles. The Kier molecular flexibility index (Phi) is 4.31. The van der Waals surface area contributed by atoms with Crippen molar-refractivity contribution in [1.82, 2.24) is 0 Å². The van der Waals surface area contributed by atoms with Gasteiger partial charge in [0.25, 0.3) is 5.91 Å². The summed E-state index contributed by atoms with van der Waals surface area (Å²) in [7, 11) is 0. The first-order chi connectivity index (χ1) is 12.6. The number of aliphatic imine (C=N–C) groups is 1. The Balaban J connectivity index is 1.59. The van der Waals surface area contributed by atoms with Crippen LogP contribution in [0.1, 0.15) is 11.1 Å². The number of carbonyl (C=O) groups is 1. The highest BCUT2D eigenvalue weighted by Gasteiger charge is 2.25. The van der Waals surface area contributed by atoms with E-state index in [0.29, 0.717) is 11.4 Å². The summed E-state index contributed by atoms with van der Waals surface area (Å²) in [5.41, 5.74) is 3.82. The largest absolute Gasteiger partial charge is 0.457 e. The third kappa shape index (κ3) is 3.39. The Bertz CT molecular complexity index is 1030. The number of rotatable bonds is 3. The smallest absolute Gasteiger partial charge is 0.275 e. The second-order valence-corrected chi connectivity index (χ2v) is 6.93. The summed E-state index contributed by atoms with van der Waals surface area (Å²) in [6.45, 7) is 2.02. The maximum absolute atomic E-state index is 12.2. The molecule has 0 unspecified atom stereocenters. The van der Waals surface area contributed by atoms with Crippen LogP contribution in [0.3, 0.4) is 0 Å². The van der Waals surface area contributed by atoms with Gasteiger partial charge in [-0.1, -0.05) is 28.1 Å². The van der Waals surface area contributed by atoms with E-state index in [1.165, 1.54) is 0 Å². The Morgan fingerprint density at radius 2 is 1.77 bits per heavy atom. The van der Waals surface area contributed by atoms with Crippen molar-refractivity contribution in [1.29, 1.82) is 0 Å². The van der Waals surface area contributed by atoms with Gasteiger partial charge < -0.3 is 10.1 Å². The molecule has 1 amide bonds. The van der Waals surface area contributed by atoms with Crippen molar-refractivity contribution >= 4 is 38.9 Å². The Morgan fingerprint density at radius 1 is 0.962 bits per heavy atom. The molecular formula is C21H15BrN2O2. The molecule has 1 heterocycles. The van der Waals surface area contributed by atoms with Crippen LogP contribution in [-0.4, -0.2) is 11.6 Å². The van der Waals surface area contributed by atoms with Gasteiger partial charge in [-0.05, 0) is 67.1 Å². The minimum absolute atomic E-state index is 0.196. The third-order valence-electron chi connectivity index (χ3n) is 4.00. The molecule has 0 aliphatic carbocycles. The van der Waals surface area contributed by atoms with Crippen molar-refractivity contribution < 1.29 is 9.53 Å². The normalized spacial score (nSPS) is 14.2. The molecule has 128 valence electrons. The number of carbonyl (C=O) groups excluding carboxylic acids is 1. The standard InChI is InChI=1S/C21H15BrN2O2/c1-13-3-2-4-17(11-13)26-16-8-6-15(7-9-16)23-20-18-12-14(22)5-10-19(18)24-21(20)25/h2-12H,1H3,(H,23,24,25). The number of hydrogen-bond acceptors (Lipinski definition) is 3. The predicted octanol–water partition coefficient (Wildman–Crippen LogP) is 5.62. The van der Waals surface area contributed by atoms with Crippen LogP contribution in [0, 0.1) is 6.92 Å². The highest BCUT2D eigenvalue weighted by molar-refractivity contribution is 9.10. The molecule has 4 nitrogen and oxygen atoms in total. The number of ether oxygens (including phenoxy) is 1. The fraction of sp³-hybridized carbons (Fsp3) is 0.0476. The lowest BCUT2D eigenvalue weighted by atomic mass is 10.1. The van der Waals surface area contributed by atoms with E-state index in [-0.39, 0.29) is 5.91 Å². The molecule has 1 N–H and O–H groups in total. The summed E-state index contributed by atoms with van der Waals surface area (Å²) in [6, 6.07) is 20.9. The molecule has 3 aromatic carbocycles. The zero-order valence-electron chi connectivity index (χ0n) is 14.0. The number of nitrogens with one attached hydrogen (secondary N) is 1. The number of aryl methyl sites for hydroxylation is 1. The van der Waals surface area contributed by atoms with E-state index in [0.717, 1.165) is 32.8 Å². The number of nitrogens with zero attached hydrogens (tertiary/aromatic N) is 1. The van der Waals surface area contributed by atoms with Gasteiger partial charge in [0.2, 0.25) is 0 Å². The fourth-order valence-electron chi connectivity index (χ4n) is 2.77. The minimum Gasteiger partial charge on any atom is -0.457 e. The number of hydrogen-bond donors (Lipinski definition) is 1. The molecular weight excluding hydrogens is 392 g/mol. The van der Waals surface area contributed by atoms with Crippen molar-refractivity contribution in [2.75, 3.05) is 5.32 Å². The van der Waals surface area contributed by atoms with Gasteiger partial charge in [-0.25, -0.2) is 4.99 Å². The first-order valence-corrected chi connectivity index (χ1v) is 8.92. The van der Waals surface area contributed by atoms with Crippen molar-refractivity contribution in [2.24, 2.45) is 4.99 Å². The van der Waals surface area contributed by atoms with Crippen LogP contribution in [0.25, 0.3) is 0 Å². The van der Waals surface area contributed by atoms with Crippen LogP contribution >= 0.6 is 15.9 Å². The van der Waals surface area contributed by atoms with E-state index < -0.39 is 0 Å². The highest BCUT2D eigenvalue weighted by atomic mass is 79.9. The summed E-state index contributed by atoms with van der Waals surface area (Å²) in [5.74, 6) is 1.31. The molecule has 0 fully saturated rings. The third-order valence-corrected chi connectivity index (χ3v) is 4.50. The van der Waals surface area contributed by atoms with Crippen molar-refractivity contribution in [3.05, 3.63) is 82.3 Å². The second-order valence-electron chi connectivity index (χ2n) is 6.02. The number of amides is 1. The lowest BCUT2D eigenvalue weighted by molar-refractivity contribution is -0.110. The van der Waals surface area contributed by atoms with Crippen LogP contribution in [-0.2, 0) is 4.79 Å². The summed E-state index contributed by atoms with van der Waals surface area (Å²) < 4.78 is 6.75. The molecule has 1 aliphatic rings. The maximum Gasteiger partial charge on any atom is 0.275 e. The molecule has 26 heavy (non-hydrogen) atoms. The lowest BCUT2D eigenvalue weighted by Crippen LogP contribution is -2.13. The predicted molar refractivity (Wildman–Crippen MR) is 107 cm³/mol. The molecule has 4 rings (SSSR count). The number of benzene rings is 3. The summed E-state index contributed by atoms with van der Waals surface area (Å²) in [6.07, 6.45) is 0. The van der Waals surface area contributed by atoms with Gasteiger partial charge in [0.05, 0.1) is 11.4 Å². The van der Waals surface area contributed by atoms with Crippen molar-refractivity contribution in [3.8, 4) is 11.5 Å². The molecule has 0 aromatic heterocycles. The van der Waals surface area contributed by atoms with E-state index in [2.05, 4.69) is 26.2 Å². The fourth-order valence-corrected chi connectivity index (χ4v) is 3.13. The van der Waals surface area contributed by atoms with Crippen molar-refractivity contribution in [3.63, 3.8) is 0 Å². The quantitative estimate of drug-likeness (QED) is 0.613. The highest BCUT2D eigenvalue weighted by Crippen LogP contribution is 2.30. The maximum atomic E-state index is 12.2. The summed E-state index contributed by atoms with van der Waals surface area (Å²) in [4.78, 5) is 16.7. The van der Waals surface area contributed by atoms with E-state index in [1.807, 2.05) is 73.7 Å². The second kappa shape index (κ2) is 6.77. The Labute approximate surface area is 159 Å². The van der Waals surface area contributed by atoms with Gasteiger partial charge in [-0.15, -0.1) is 0 Å². The Morgan fingerprint density at radius 3 is 2.54 bits per heavy atom. The summed E-state index contributed by atoms with van der Waals surface area (Å²) >= 11 is 3.43. The van der Waals surface area contributed by atoms with Crippen molar-refractivity contribution in [2.45, 2.75) is 6.92 Å². The van der Waals surface area contributed by atoms with Gasteiger partial charge in [0.15, 0.2) is 0 Å². The zero-order chi connectivity index (χ0) is 18.1. The Hall–Kier alpha value is -2.92. The molecule has 0 bridgehead atoms. The topological polar surface area (TPSA) is 50.7 Å². The van der Waals surface area contributed by atoms with E-state index in [4.69, 9.17) is 4.74 Å². The zero-order valence-corrected chi connectivity index (χ0v) is 15.6. The SMILES string of the molecule is Cc1cccc(Oc2ccc(N=C3C(=O)Nc4ccc(Br)cc43)cc2)c1. The molecule has 0 saturated heterocycles. The number of halogens is 1. The number of anilines is 1. The van der Waals surface area contributed by atoms with Gasteiger partial charge >= 0.3 is 0 Å². The van der Waals surface area contributed by atoms with Gasteiger partial charge in [0, 0.05) is 10.0 Å². The van der Waals surface area contributed by atoms with Gasteiger partial charge in [-0.2, -0.15) is 0 Å². The molecule has 5 heteroatoms. The first-order valence-electron chi connectivity index (χ1n) is 8.13. The van der Waals surface area contributed by atoms with Crippen LogP contribution in [0.15, 0.2) is 76.2 Å². The minimum atomic E-state index is -0.196. The first kappa shape index (κ1) is 16.5. The van der Waals surface area contributed by atoms with Crippen LogP contribution in [0.4, 0.5) is 11.4 Å². The van der Waals surface area contributed by atoms with Gasteiger partial charge in [-0.3, -0.25) is 4.79 Å². The average molecular weight is 407 g/mol. The average Bonchev–Trinajstić information content (AvgIpc) is 2.92.